The lowest BCUT2D eigenvalue weighted by Gasteiger charge is -2.19. The van der Waals surface area contributed by atoms with E-state index in [1.165, 1.54) is 0 Å². The van der Waals surface area contributed by atoms with Gasteiger partial charge in [-0.3, -0.25) is 24.1 Å². The number of urea groups is 1. The van der Waals surface area contributed by atoms with E-state index in [2.05, 4.69) is 5.32 Å². The number of carbonyl (C=O) groups excluding carboxylic acids is 4. The number of carboxylic acids is 1. The van der Waals surface area contributed by atoms with Gasteiger partial charge >= 0.3 is 12.0 Å². The van der Waals surface area contributed by atoms with Crippen LogP contribution in [0.4, 0.5) is 4.79 Å². The van der Waals surface area contributed by atoms with Crippen LogP contribution >= 0.6 is 0 Å². The van der Waals surface area contributed by atoms with Crippen molar-refractivity contribution in [1.82, 2.24) is 15.1 Å². The summed E-state index contributed by atoms with van der Waals surface area (Å²) in [6, 6.07) is 6.17. The Morgan fingerprint density at radius 2 is 1.80 bits per heavy atom. The summed E-state index contributed by atoms with van der Waals surface area (Å²) in [4.78, 5) is 60.8. The van der Waals surface area contributed by atoms with E-state index in [0.29, 0.717) is 4.90 Å². The van der Waals surface area contributed by atoms with Crippen LogP contribution < -0.4 is 5.32 Å². The Morgan fingerprint density at radius 3 is 2.44 bits per heavy atom. The minimum absolute atomic E-state index is 0.260. The van der Waals surface area contributed by atoms with Crippen molar-refractivity contribution < 1.29 is 29.1 Å². The van der Waals surface area contributed by atoms with Gasteiger partial charge in [0.15, 0.2) is 0 Å². The molecule has 0 unspecified atom stereocenters. The van der Waals surface area contributed by atoms with Crippen LogP contribution in [0.2, 0.25) is 0 Å². The van der Waals surface area contributed by atoms with E-state index in [1.807, 2.05) is 6.07 Å². The van der Waals surface area contributed by atoms with E-state index in [-0.39, 0.29) is 6.42 Å². The molecule has 0 aliphatic carbocycles. The number of carbonyl (C=O) groups is 5. The molecule has 0 spiro atoms. The fourth-order valence-corrected chi connectivity index (χ4v) is 3.00. The van der Waals surface area contributed by atoms with E-state index in [9.17, 15) is 24.0 Å². The fourth-order valence-electron chi connectivity index (χ4n) is 3.00. The molecule has 25 heavy (non-hydrogen) atoms. The Hall–Kier alpha value is -3.23. The van der Waals surface area contributed by atoms with Crippen LogP contribution in [0.5, 0.6) is 0 Å². The number of amides is 5. The van der Waals surface area contributed by atoms with Crippen molar-refractivity contribution in [2.24, 2.45) is 0 Å². The number of likely N-dealkylation sites (tertiary alicyclic amines) is 1. The van der Waals surface area contributed by atoms with Crippen LogP contribution in [0.1, 0.15) is 12.0 Å². The van der Waals surface area contributed by atoms with Crippen molar-refractivity contribution in [2.45, 2.75) is 24.9 Å². The lowest BCUT2D eigenvalue weighted by molar-refractivity contribution is -0.149. The Morgan fingerprint density at radius 1 is 1.12 bits per heavy atom. The highest BCUT2D eigenvalue weighted by Gasteiger charge is 2.51. The second-order valence-corrected chi connectivity index (χ2v) is 5.83. The molecule has 2 aliphatic heterocycles. The van der Waals surface area contributed by atoms with Crippen molar-refractivity contribution >= 4 is 29.7 Å². The summed E-state index contributed by atoms with van der Waals surface area (Å²) >= 11 is 0. The number of benzene rings is 1. The van der Waals surface area contributed by atoms with Crippen LogP contribution in [0.3, 0.4) is 0 Å². The molecule has 5 amide bonds. The van der Waals surface area contributed by atoms with Crippen molar-refractivity contribution in [3.05, 3.63) is 35.9 Å². The highest BCUT2D eigenvalue weighted by Crippen LogP contribution is 2.23. The number of nitrogens with zero attached hydrogens (tertiary/aromatic N) is 2. The van der Waals surface area contributed by atoms with E-state index in [1.54, 1.807) is 24.3 Å². The fraction of sp³-hybridized carbons (Fsp3) is 0.312. The topological polar surface area (TPSA) is 124 Å². The average molecular weight is 345 g/mol. The van der Waals surface area contributed by atoms with Crippen LogP contribution in [-0.4, -0.2) is 63.3 Å². The van der Waals surface area contributed by atoms with E-state index in [4.69, 9.17) is 5.11 Å². The van der Waals surface area contributed by atoms with Gasteiger partial charge in [-0.25, -0.2) is 9.69 Å². The molecule has 2 N–H and O–H groups in total. The van der Waals surface area contributed by atoms with Gasteiger partial charge in [0.25, 0.3) is 11.8 Å². The molecule has 0 radical (unpaired) electrons. The van der Waals surface area contributed by atoms with Gasteiger partial charge in [-0.1, -0.05) is 30.3 Å². The van der Waals surface area contributed by atoms with Crippen LogP contribution in [0.15, 0.2) is 30.3 Å². The van der Waals surface area contributed by atoms with Crippen molar-refractivity contribution in [2.75, 3.05) is 6.54 Å². The van der Waals surface area contributed by atoms with Gasteiger partial charge in [-0.05, 0) is 5.56 Å². The zero-order chi connectivity index (χ0) is 18.1. The zero-order valence-corrected chi connectivity index (χ0v) is 13.0. The summed E-state index contributed by atoms with van der Waals surface area (Å²) in [5.41, 5.74) is 0.837. The van der Waals surface area contributed by atoms with Gasteiger partial charge in [-0.15, -0.1) is 0 Å². The molecule has 0 bridgehead atoms. The largest absolute Gasteiger partial charge is 0.480 e. The molecule has 2 heterocycles. The van der Waals surface area contributed by atoms with Gasteiger partial charge in [-0.2, -0.15) is 0 Å². The summed E-state index contributed by atoms with van der Waals surface area (Å²) in [5, 5.41) is 11.3. The molecule has 3 rings (SSSR count). The monoisotopic (exact) mass is 345 g/mol. The molecule has 1 aromatic carbocycles. The molecule has 2 fully saturated rings. The van der Waals surface area contributed by atoms with Gasteiger partial charge in [0.05, 0.1) is 6.42 Å². The second kappa shape index (κ2) is 6.34. The van der Waals surface area contributed by atoms with Gasteiger partial charge < -0.3 is 10.4 Å². The van der Waals surface area contributed by atoms with Gasteiger partial charge in [0, 0.05) is 6.42 Å². The smallest absolute Gasteiger partial charge is 0.325 e. The van der Waals surface area contributed by atoms with Gasteiger partial charge in [0.2, 0.25) is 5.91 Å². The average Bonchev–Trinajstić information content (AvgIpc) is 2.98. The predicted molar refractivity (Wildman–Crippen MR) is 82.1 cm³/mol. The van der Waals surface area contributed by atoms with Crippen molar-refractivity contribution in [1.29, 1.82) is 0 Å². The maximum Gasteiger partial charge on any atom is 0.325 e. The molecule has 2 atom stereocenters. The number of hydrogen-bond acceptors (Lipinski definition) is 5. The summed E-state index contributed by atoms with van der Waals surface area (Å²) in [6.45, 7) is -0.786. The SMILES string of the molecule is O=C(O)CN1C(=O)C[C@H](N2C(=O)N[C@@H](Cc3ccccc3)C2=O)C1=O. The maximum atomic E-state index is 12.5. The predicted octanol–water partition coefficient (Wildman–Crippen LogP) is -0.638. The number of nitrogens with one attached hydrogen (secondary N) is 1. The number of rotatable bonds is 5. The van der Waals surface area contributed by atoms with Crippen LogP contribution in [0.25, 0.3) is 0 Å². The molecule has 9 nitrogen and oxygen atoms in total. The Kier molecular flexibility index (Phi) is 4.22. The molecule has 2 aliphatic rings. The molecule has 0 aromatic heterocycles. The number of aliphatic carboxylic acids is 1. The summed E-state index contributed by atoms with van der Waals surface area (Å²) in [6.07, 6.45) is -0.140. The molecule has 9 heteroatoms. The van der Waals surface area contributed by atoms with Gasteiger partial charge in [0.1, 0.15) is 18.6 Å². The Balaban J connectivity index is 1.76. The normalized spacial score (nSPS) is 23.4. The quantitative estimate of drug-likeness (QED) is 0.540. The third-order valence-electron chi connectivity index (χ3n) is 4.16. The first kappa shape index (κ1) is 16.6. The molecule has 1 aromatic rings. The van der Waals surface area contributed by atoms with Crippen LogP contribution in [-0.2, 0) is 25.6 Å². The Bertz CT molecular complexity index is 762. The first-order valence-corrected chi connectivity index (χ1v) is 7.62. The lowest BCUT2D eigenvalue weighted by Crippen LogP contribution is -2.46. The third-order valence-corrected chi connectivity index (χ3v) is 4.16. The second-order valence-electron chi connectivity index (χ2n) is 5.83. The summed E-state index contributed by atoms with van der Waals surface area (Å²) < 4.78 is 0. The Labute approximate surface area is 142 Å². The van der Waals surface area contributed by atoms with E-state index in [0.717, 1.165) is 10.5 Å². The standard InChI is InChI=1S/C16H15N3O6/c20-12-7-11(15(24)18(12)8-13(21)22)19-14(23)10(17-16(19)25)6-9-4-2-1-3-5-9/h1-5,10-11H,6-8H2,(H,17,25)(H,21,22)/t10-,11-/m0/s1. The highest BCUT2D eigenvalue weighted by atomic mass is 16.4. The van der Waals surface area contributed by atoms with E-state index >= 15 is 0 Å². The molecule has 2 saturated heterocycles. The highest BCUT2D eigenvalue weighted by molar-refractivity contribution is 6.13. The minimum Gasteiger partial charge on any atom is -0.480 e. The first-order valence-electron chi connectivity index (χ1n) is 7.62. The molecule has 130 valence electrons. The van der Waals surface area contributed by atoms with E-state index < -0.39 is 54.8 Å². The zero-order valence-electron chi connectivity index (χ0n) is 13.0. The van der Waals surface area contributed by atoms with Crippen molar-refractivity contribution in [3.63, 3.8) is 0 Å². The maximum absolute atomic E-state index is 12.5. The minimum atomic E-state index is -1.35. The number of hydrogen-bond donors (Lipinski definition) is 2. The summed E-state index contributed by atoms with van der Waals surface area (Å²) in [5.74, 6) is -3.51. The first-order chi connectivity index (χ1) is 11.9. The van der Waals surface area contributed by atoms with Crippen molar-refractivity contribution in [3.8, 4) is 0 Å². The lowest BCUT2D eigenvalue weighted by atomic mass is 10.1. The molecular formula is C16H15N3O6. The molecular weight excluding hydrogens is 330 g/mol. The number of imide groups is 2. The molecule has 0 saturated carbocycles. The summed E-state index contributed by atoms with van der Waals surface area (Å²) in [7, 11) is 0. The third kappa shape index (κ3) is 3.08. The number of carboxylic acid groups (broad SMARTS) is 1. The van der Waals surface area contributed by atoms with Crippen LogP contribution in [0, 0.1) is 0 Å².